The second kappa shape index (κ2) is 10.6. The molecule has 164 valence electrons. The zero-order valence-electron chi connectivity index (χ0n) is 18.2. The van der Waals surface area contributed by atoms with Gasteiger partial charge in [0.25, 0.3) is 5.91 Å². The van der Waals surface area contributed by atoms with Crippen LogP contribution in [0.15, 0.2) is 78.9 Å². The molecule has 32 heavy (non-hydrogen) atoms. The molecule has 0 aromatic heterocycles. The number of carbonyl (C=O) groups is 2. The van der Waals surface area contributed by atoms with Crippen LogP contribution in [0.25, 0.3) is 0 Å². The Labute approximate surface area is 189 Å². The summed E-state index contributed by atoms with van der Waals surface area (Å²) in [5, 5.41) is 5.94. The number of nitrogens with one attached hydrogen (secondary N) is 2. The Hall–Kier alpha value is -3.60. The Morgan fingerprint density at radius 3 is 2.41 bits per heavy atom. The van der Waals surface area contributed by atoms with Gasteiger partial charge in [-0.1, -0.05) is 48.5 Å². The molecule has 1 heterocycles. The molecule has 4 rings (SSSR count). The van der Waals surface area contributed by atoms with Gasteiger partial charge in [-0.05, 0) is 73.6 Å². The summed E-state index contributed by atoms with van der Waals surface area (Å²) in [5.41, 5.74) is 4.72. The summed E-state index contributed by atoms with van der Waals surface area (Å²) in [5.74, 6) is -0.0996. The van der Waals surface area contributed by atoms with E-state index in [1.165, 1.54) is 11.1 Å². The number of aryl methyl sites for hydroxylation is 2. The van der Waals surface area contributed by atoms with Gasteiger partial charge < -0.3 is 10.6 Å². The number of urea groups is 1. The predicted octanol–water partition coefficient (Wildman–Crippen LogP) is 5.42. The van der Waals surface area contributed by atoms with E-state index in [2.05, 4.69) is 28.8 Å². The maximum Gasteiger partial charge on any atom is 0.326 e. The van der Waals surface area contributed by atoms with E-state index in [9.17, 15) is 9.59 Å². The van der Waals surface area contributed by atoms with Crippen molar-refractivity contribution in [3.05, 3.63) is 95.6 Å². The fourth-order valence-corrected chi connectivity index (χ4v) is 4.04. The molecule has 0 fully saturated rings. The Morgan fingerprint density at radius 2 is 1.59 bits per heavy atom. The van der Waals surface area contributed by atoms with E-state index in [-0.39, 0.29) is 11.9 Å². The first-order valence-electron chi connectivity index (χ1n) is 11.3. The molecular weight excluding hydrogens is 398 g/mol. The van der Waals surface area contributed by atoms with Crippen molar-refractivity contribution in [3.8, 4) is 0 Å². The highest BCUT2D eigenvalue weighted by Crippen LogP contribution is 2.26. The molecule has 1 aliphatic heterocycles. The smallest absolute Gasteiger partial charge is 0.326 e. The SMILES string of the molecule is O=C(NCCCc1ccccc1)c1ccc(NC(=O)N2CCCCc3ccccc32)cc1. The molecule has 0 spiro atoms. The zero-order valence-corrected chi connectivity index (χ0v) is 18.2. The number of anilines is 2. The number of benzene rings is 3. The van der Waals surface area contributed by atoms with Crippen LogP contribution in [0.5, 0.6) is 0 Å². The third-order valence-corrected chi connectivity index (χ3v) is 5.77. The number of rotatable bonds is 6. The van der Waals surface area contributed by atoms with Crippen molar-refractivity contribution in [2.45, 2.75) is 32.1 Å². The van der Waals surface area contributed by atoms with Crippen molar-refractivity contribution in [3.63, 3.8) is 0 Å². The minimum atomic E-state index is -0.141. The summed E-state index contributed by atoms with van der Waals surface area (Å²) >= 11 is 0. The summed E-state index contributed by atoms with van der Waals surface area (Å²) in [6, 6.07) is 25.3. The lowest BCUT2D eigenvalue weighted by Gasteiger charge is -2.23. The molecule has 0 radical (unpaired) electrons. The van der Waals surface area contributed by atoms with Crippen molar-refractivity contribution in [2.75, 3.05) is 23.3 Å². The summed E-state index contributed by atoms with van der Waals surface area (Å²) in [7, 11) is 0. The van der Waals surface area contributed by atoms with Crippen molar-refractivity contribution < 1.29 is 9.59 Å². The molecule has 5 heteroatoms. The van der Waals surface area contributed by atoms with Crippen LogP contribution in [0.4, 0.5) is 16.2 Å². The lowest BCUT2D eigenvalue weighted by molar-refractivity contribution is 0.0953. The predicted molar refractivity (Wildman–Crippen MR) is 129 cm³/mol. The topological polar surface area (TPSA) is 61.4 Å². The molecule has 5 nitrogen and oxygen atoms in total. The Morgan fingerprint density at radius 1 is 0.844 bits per heavy atom. The van der Waals surface area contributed by atoms with E-state index in [1.54, 1.807) is 24.3 Å². The van der Waals surface area contributed by atoms with Crippen LogP contribution in [0.3, 0.4) is 0 Å². The lowest BCUT2D eigenvalue weighted by atomic mass is 10.1. The minimum Gasteiger partial charge on any atom is -0.352 e. The van der Waals surface area contributed by atoms with Crippen molar-refractivity contribution in [2.24, 2.45) is 0 Å². The first-order valence-corrected chi connectivity index (χ1v) is 11.3. The van der Waals surface area contributed by atoms with Crippen LogP contribution in [-0.2, 0) is 12.8 Å². The Bertz CT molecular complexity index is 1050. The van der Waals surface area contributed by atoms with Crippen molar-refractivity contribution >= 4 is 23.3 Å². The average molecular weight is 428 g/mol. The quantitative estimate of drug-likeness (QED) is 0.516. The van der Waals surface area contributed by atoms with Gasteiger partial charge >= 0.3 is 6.03 Å². The molecule has 3 aromatic carbocycles. The Balaban J connectivity index is 1.30. The minimum absolute atomic E-state index is 0.0996. The highest BCUT2D eigenvalue weighted by atomic mass is 16.2. The fourth-order valence-electron chi connectivity index (χ4n) is 4.04. The molecule has 0 aliphatic carbocycles. The standard InChI is InChI=1S/C27H29N3O2/c31-26(28-19-8-11-21-9-2-1-3-10-21)23-15-17-24(18-16-23)29-27(32)30-20-7-6-13-22-12-4-5-14-25(22)30/h1-5,9-10,12,14-18H,6-8,11,13,19-20H2,(H,28,31)(H,29,32). The number of hydrogen-bond donors (Lipinski definition) is 2. The first kappa shape index (κ1) is 21.6. The highest BCUT2D eigenvalue weighted by molar-refractivity contribution is 6.02. The van der Waals surface area contributed by atoms with Gasteiger partial charge in [-0.2, -0.15) is 0 Å². The number of hydrogen-bond acceptors (Lipinski definition) is 2. The molecule has 2 N–H and O–H groups in total. The summed E-state index contributed by atoms with van der Waals surface area (Å²) in [4.78, 5) is 27.1. The van der Waals surface area contributed by atoms with Crippen LogP contribution in [0, 0.1) is 0 Å². The van der Waals surface area contributed by atoms with E-state index in [0.717, 1.165) is 37.8 Å². The van der Waals surface area contributed by atoms with Crippen molar-refractivity contribution in [1.29, 1.82) is 0 Å². The largest absolute Gasteiger partial charge is 0.352 e. The highest BCUT2D eigenvalue weighted by Gasteiger charge is 2.21. The van der Waals surface area contributed by atoms with Crippen LogP contribution < -0.4 is 15.5 Å². The molecule has 0 atom stereocenters. The van der Waals surface area contributed by atoms with Gasteiger partial charge in [-0.25, -0.2) is 4.79 Å². The number of carbonyl (C=O) groups excluding carboxylic acids is 2. The first-order chi connectivity index (χ1) is 15.7. The molecule has 0 bridgehead atoms. The number of fused-ring (bicyclic) bond motifs is 1. The number of nitrogens with zero attached hydrogens (tertiary/aromatic N) is 1. The normalized spacial score (nSPS) is 13.1. The zero-order chi connectivity index (χ0) is 22.2. The third-order valence-electron chi connectivity index (χ3n) is 5.77. The maximum atomic E-state index is 12.9. The average Bonchev–Trinajstić information content (AvgIpc) is 3.05. The molecule has 1 aliphatic rings. The van der Waals surface area contributed by atoms with Crippen LogP contribution in [0.2, 0.25) is 0 Å². The second-order valence-electron chi connectivity index (χ2n) is 8.09. The molecule has 3 aromatic rings. The van der Waals surface area contributed by atoms with Gasteiger partial charge in [0.15, 0.2) is 0 Å². The summed E-state index contributed by atoms with van der Waals surface area (Å²) in [6.07, 6.45) is 4.88. The summed E-state index contributed by atoms with van der Waals surface area (Å²) in [6.45, 7) is 1.33. The third kappa shape index (κ3) is 5.55. The van der Waals surface area contributed by atoms with E-state index in [1.807, 2.05) is 41.3 Å². The fraction of sp³-hybridized carbons (Fsp3) is 0.259. The van der Waals surface area contributed by atoms with E-state index >= 15 is 0 Å². The van der Waals surface area contributed by atoms with Gasteiger partial charge in [0, 0.05) is 30.0 Å². The number of amides is 3. The van der Waals surface area contributed by atoms with Gasteiger partial charge in [0.1, 0.15) is 0 Å². The molecule has 0 saturated carbocycles. The van der Waals surface area contributed by atoms with E-state index in [0.29, 0.717) is 24.3 Å². The van der Waals surface area contributed by atoms with Crippen molar-refractivity contribution in [1.82, 2.24) is 5.32 Å². The summed E-state index contributed by atoms with van der Waals surface area (Å²) < 4.78 is 0. The molecule has 0 saturated heterocycles. The second-order valence-corrected chi connectivity index (χ2v) is 8.09. The monoisotopic (exact) mass is 427 g/mol. The van der Waals surface area contributed by atoms with Gasteiger partial charge in [-0.3, -0.25) is 9.69 Å². The van der Waals surface area contributed by atoms with Gasteiger partial charge in [0.2, 0.25) is 0 Å². The van der Waals surface area contributed by atoms with Crippen LogP contribution in [-0.4, -0.2) is 25.0 Å². The van der Waals surface area contributed by atoms with E-state index < -0.39 is 0 Å². The van der Waals surface area contributed by atoms with Gasteiger partial charge in [-0.15, -0.1) is 0 Å². The maximum absolute atomic E-state index is 12.9. The number of para-hydroxylation sites is 1. The van der Waals surface area contributed by atoms with E-state index in [4.69, 9.17) is 0 Å². The Kier molecular flexibility index (Phi) is 7.18. The van der Waals surface area contributed by atoms with Crippen LogP contribution >= 0.6 is 0 Å². The van der Waals surface area contributed by atoms with Crippen LogP contribution in [0.1, 0.15) is 40.7 Å². The molecule has 0 unspecified atom stereocenters. The lowest BCUT2D eigenvalue weighted by Crippen LogP contribution is -2.35. The molecule has 3 amide bonds. The molecular formula is C27H29N3O2. The van der Waals surface area contributed by atoms with Gasteiger partial charge in [0.05, 0.1) is 0 Å².